The lowest BCUT2D eigenvalue weighted by Crippen LogP contribution is -2.54. The first-order valence-corrected chi connectivity index (χ1v) is 22.6. The smallest absolute Gasteiger partial charge is 0.262 e. The molecule has 59 heavy (non-hydrogen) atoms. The van der Waals surface area contributed by atoms with E-state index in [1.54, 1.807) is 18.2 Å². The number of piperidine rings is 1. The number of amides is 7. The fourth-order valence-corrected chi connectivity index (χ4v) is 9.32. The predicted octanol–water partition coefficient (Wildman–Crippen LogP) is 0.437. The first-order chi connectivity index (χ1) is 28.3. The Labute approximate surface area is 346 Å². The molecule has 6 N–H and O–H groups in total. The Hall–Kier alpha value is -4.89. The average Bonchev–Trinajstić information content (AvgIpc) is 3.95. The molecule has 20 heteroatoms. The zero-order chi connectivity index (χ0) is 42.1. The molecule has 318 valence electrons. The van der Waals surface area contributed by atoms with Crippen LogP contribution in [0.5, 0.6) is 0 Å². The quantitative estimate of drug-likeness (QED) is 0.0832. The van der Waals surface area contributed by atoms with Crippen LogP contribution >= 0.6 is 11.8 Å². The first kappa shape index (κ1) is 43.7. The fourth-order valence-electron chi connectivity index (χ4n) is 7.29. The maximum Gasteiger partial charge on any atom is 0.262 e. The van der Waals surface area contributed by atoms with Gasteiger partial charge < -0.3 is 26.0 Å². The van der Waals surface area contributed by atoms with Gasteiger partial charge in [-0.25, -0.2) is 12.7 Å². The van der Waals surface area contributed by atoms with Gasteiger partial charge in [-0.2, -0.15) is 0 Å². The minimum Gasteiger partial charge on any atom is -0.385 e. The van der Waals surface area contributed by atoms with Crippen LogP contribution in [0.1, 0.15) is 77.3 Å². The Balaban J connectivity index is 0.883. The van der Waals surface area contributed by atoms with E-state index in [0.717, 1.165) is 22.5 Å². The number of hydrogen-bond acceptors (Lipinski definition) is 13. The van der Waals surface area contributed by atoms with Gasteiger partial charge in [-0.1, -0.05) is 30.3 Å². The Bertz CT molecular complexity index is 2040. The summed E-state index contributed by atoms with van der Waals surface area (Å²) in [6, 6.07) is 12.6. The molecule has 0 saturated carbocycles. The second-order valence-corrected chi connectivity index (χ2v) is 18.0. The zero-order valence-corrected chi connectivity index (χ0v) is 34.3. The zero-order valence-electron chi connectivity index (χ0n) is 32.7. The lowest BCUT2D eigenvalue weighted by molar-refractivity contribution is -0.136. The van der Waals surface area contributed by atoms with Crippen molar-refractivity contribution in [2.24, 2.45) is 5.92 Å². The Morgan fingerprint density at radius 1 is 0.966 bits per heavy atom. The Morgan fingerprint density at radius 3 is 2.47 bits per heavy atom. The summed E-state index contributed by atoms with van der Waals surface area (Å²) in [5.74, 6) is -3.14. The van der Waals surface area contributed by atoms with Crippen molar-refractivity contribution in [2.75, 3.05) is 56.7 Å². The Kier molecular flexibility index (Phi) is 14.7. The van der Waals surface area contributed by atoms with Gasteiger partial charge in [0.2, 0.25) is 39.6 Å². The number of thioether (sulfide) groups is 1. The van der Waals surface area contributed by atoms with Crippen molar-refractivity contribution >= 4 is 68.8 Å². The minimum absolute atomic E-state index is 0.0406. The van der Waals surface area contributed by atoms with E-state index in [9.17, 15) is 42.0 Å². The van der Waals surface area contributed by atoms with Crippen LogP contribution in [0.25, 0.3) is 0 Å². The van der Waals surface area contributed by atoms with Gasteiger partial charge in [0.1, 0.15) is 17.6 Å². The molecular weight excluding hydrogens is 805 g/mol. The summed E-state index contributed by atoms with van der Waals surface area (Å²) in [7, 11) is -3.45. The average molecular weight is 855 g/mol. The van der Waals surface area contributed by atoms with Crippen molar-refractivity contribution in [3.8, 4) is 0 Å². The number of fused-ring (bicyclic) bond motifs is 1. The van der Waals surface area contributed by atoms with Gasteiger partial charge in [0, 0.05) is 63.1 Å². The second-order valence-electron chi connectivity index (χ2n) is 14.9. The fraction of sp³-hybridized carbons (Fsp3) is 0.513. The molecule has 0 radical (unpaired) electrons. The normalized spacial score (nSPS) is 22.5. The SMILES string of the molecule is CS(=O)(=O)N1CCC(C(=O)N[C@@H](COCCCC(=O)NCCCCNc2ccc3c(c2)C(=O)N(C2CCC(=O)NC2=O)C3=O)C(=O)NC2NC(c3ccccc3)CS2)C1. The number of imide groups is 2. The summed E-state index contributed by atoms with van der Waals surface area (Å²) in [6.45, 7) is 1.26. The molecule has 3 fully saturated rings. The predicted molar refractivity (Wildman–Crippen MR) is 217 cm³/mol. The number of nitrogens with one attached hydrogen (secondary N) is 6. The summed E-state index contributed by atoms with van der Waals surface area (Å²) in [5, 5.41) is 17.4. The summed E-state index contributed by atoms with van der Waals surface area (Å²) >= 11 is 1.53. The standard InChI is InChI=1S/C39H50N8O10S2/c1-59(55,56)46-18-15-25(21-46)34(50)42-29(35(51)45-39-43-30(23-58-39)24-8-3-2-4-9-24)22-57-19-7-10-32(48)41-17-6-5-16-40-26-11-12-27-28(20-26)38(54)47(37(27)53)31-13-14-33(49)44-36(31)52/h2-4,8-9,11-12,20,25,29-31,39-40,43H,5-7,10,13-19,21-23H2,1H3,(H,41,48)(H,42,50)(H,45,51)(H,44,49,52)/t25?,29-,30?,31?,39?/m0/s1. The number of nitrogens with zero attached hydrogens (tertiary/aromatic N) is 2. The van der Waals surface area contributed by atoms with Gasteiger partial charge >= 0.3 is 0 Å². The van der Waals surface area contributed by atoms with E-state index in [-0.39, 0.29) is 68.6 Å². The third-order valence-corrected chi connectivity index (χ3v) is 12.9. The highest BCUT2D eigenvalue weighted by atomic mass is 32.2. The van der Waals surface area contributed by atoms with E-state index >= 15 is 0 Å². The molecular formula is C39H50N8O10S2. The van der Waals surface area contributed by atoms with Crippen molar-refractivity contribution in [3.63, 3.8) is 0 Å². The molecule has 4 unspecified atom stereocenters. The van der Waals surface area contributed by atoms with E-state index in [1.807, 2.05) is 30.3 Å². The van der Waals surface area contributed by atoms with Gasteiger partial charge in [-0.3, -0.25) is 49.1 Å². The number of benzene rings is 2. The number of carbonyl (C=O) groups is 7. The van der Waals surface area contributed by atoms with E-state index in [2.05, 4.69) is 31.9 Å². The number of anilines is 1. The van der Waals surface area contributed by atoms with E-state index in [0.29, 0.717) is 44.5 Å². The van der Waals surface area contributed by atoms with Crippen LogP contribution in [-0.4, -0.2) is 128 Å². The summed E-state index contributed by atoms with van der Waals surface area (Å²) in [4.78, 5) is 89.8. The first-order valence-electron chi connectivity index (χ1n) is 19.7. The van der Waals surface area contributed by atoms with Crippen LogP contribution in [0.15, 0.2) is 48.5 Å². The largest absolute Gasteiger partial charge is 0.385 e. The number of hydrogen-bond donors (Lipinski definition) is 6. The van der Waals surface area contributed by atoms with Gasteiger partial charge in [0.15, 0.2) is 0 Å². The number of ether oxygens (including phenoxy) is 1. The maximum absolute atomic E-state index is 13.4. The van der Waals surface area contributed by atoms with E-state index in [4.69, 9.17) is 4.74 Å². The van der Waals surface area contributed by atoms with Crippen molar-refractivity contribution in [3.05, 3.63) is 65.2 Å². The molecule has 5 atom stereocenters. The van der Waals surface area contributed by atoms with Gasteiger partial charge in [-0.05, 0) is 55.9 Å². The topological polar surface area (TPSA) is 242 Å². The monoisotopic (exact) mass is 854 g/mol. The van der Waals surface area contributed by atoms with Crippen molar-refractivity contribution in [1.29, 1.82) is 0 Å². The van der Waals surface area contributed by atoms with Gasteiger partial charge in [0.05, 0.1) is 29.9 Å². The molecule has 18 nitrogen and oxygen atoms in total. The van der Waals surface area contributed by atoms with Crippen molar-refractivity contribution in [1.82, 2.24) is 35.8 Å². The minimum atomic E-state index is -3.45. The lowest BCUT2D eigenvalue weighted by atomic mass is 10.0. The van der Waals surface area contributed by atoms with E-state index < -0.39 is 69.0 Å². The van der Waals surface area contributed by atoms with E-state index in [1.165, 1.54) is 16.1 Å². The molecule has 4 heterocycles. The van der Waals surface area contributed by atoms with Crippen LogP contribution in [0.3, 0.4) is 0 Å². The van der Waals surface area contributed by atoms with Crippen molar-refractivity contribution < 1.29 is 46.7 Å². The maximum atomic E-state index is 13.4. The third-order valence-electron chi connectivity index (χ3n) is 10.6. The highest BCUT2D eigenvalue weighted by Crippen LogP contribution is 2.30. The molecule has 7 amide bonds. The number of unbranched alkanes of at least 4 members (excludes halogenated alkanes) is 1. The molecule has 2 aromatic carbocycles. The number of carbonyl (C=O) groups excluding carboxylic acids is 7. The summed E-state index contributed by atoms with van der Waals surface area (Å²) < 4.78 is 31.0. The van der Waals surface area contributed by atoms with Crippen molar-refractivity contribution in [2.45, 2.75) is 68.6 Å². The molecule has 6 rings (SSSR count). The van der Waals surface area contributed by atoms with Crippen LogP contribution < -0.4 is 31.9 Å². The second kappa shape index (κ2) is 19.9. The molecule has 2 aromatic rings. The summed E-state index contributed by atoms with van der Waals surface area (Å²) in [6.07, 6.45) is 3.49. The van der Waals surface area contributed by atoms with Crippen LogP contribution in [0, 0.1) is 5.92 Å². The van der Waals surface area contributed by atoms with Gasteiger partial charge in [-0.15, -0.1) is 11.8 Å². The molecule has 0 aliphatic carbocycles. The number of rotatable bonds is 19. The summed E-state index contributed by atoms with van der Waals surface area (Å²) in [5.41, 5.74) is 1.72. The lowest BCUT2D eigenvalue weighted by Gasteiger charge is -2.27. The molecule has 4 aliphatic rings. The highest BCUT2D eigenvalue weighted by molar-refractivity contribution is 8.00. The molecule has 0 aromatic heterocycles. The van der Waals surface area contributed by atoms with Crippen LogP contribution in [0.4, 0.5) is 5.69 Å². The van der Waals surface area contributed by atoms with Gasteiger partial charge in [0.25, 0.3) is 11.8 Å². The third kappa shape index (κ3) is 11.4. The molecule has 0 bridgehead atoms. The van der Waals surface area contributed by atoms with Crippen LogP contribution in [0.2, 0.25) is 0 Å². The number of sulfonamides is 1. The highest BCUT2D eigenvalue weighted by Gasteiger charge is 2.44. The van der Waals surface area contributed by atoms with Crippen LogP contribution in [-0.2, 0) is 38.7 Å². The molecule has 3 saturated heterocycles. The molecule has 0 spiro atoms. The molecule has 4 aliphatic heterocycles. The Morgan fingerprint density at radius 2 is 1.73 bits per heavy atom.